The zero-order valence-electron chi connectivity index (χ0n) is 10.7. The predicted octanol–water partition coefficient (Wildman–Crippen LogP) is 4.22. The van der Waals surface area contributed by atoms with E-state index in [-0.39, 0.29) is 11.4 Å². The molecule has 0 saturated heterocycles. The van der Waals surface area contributed by atoms with Gasteiger partial charge in [-0.1, -0.05) is 45.3 Å². The maximum Gasteiger partial charge on any atom is 0.0653 e. The summed E-state index contributed by atoms with van der Waals surface area (Å²) in [6, 6.07) is 0. The highest BCUT2D eigenvalue weighted by atomic mass is 32.1. The zero-order chi connectivity index (χ0) is 12.1. The molecule has 0 spiro atoms. The molecular weight excluding hydrogens is 204 g/mol. The first-order valence-corrected chi connectivity index (χ1v) is 6.58. The highest BCUT2D eigenvalue weighted by Crippen LogP contribution is 2.14. The second kappa shape index (κ2) is 14.1. The molecule has 0 saturated carbocycles. The van der Waals surface area contributed by atoms with Gasteiger partial charge in [0.2, 0.25) is 0 Å². The van der Waals surface area contributed by atoms with E-state index in [1.807, 2.05) is 32.9 Å². The Bertz CT molecular complexity index is 130. The average molecular weight is 232 g/mol. The van der Waals surface area contributed by atoms with Crippen LogP contribution in [0.1, 0.15) is 59.8 Å². The second-order valence-corrected chi connectivity index (χ2v) is 4.37. The fraction of sp³-hybridized carbons (Fsp3) is 0.846. The highest BCUT2D eigenvalue weighted by Gasteiger charge is 2.11. The van der Waals surface area contributed by atoms with Gasteiger partial charge >= 0.3 is 0 Å². The van der Waals surface area contributed by atoms with Crippen LogP contribution < -0.4 is 0 Å². The molecule has 2 unspecified atom stereocenters. The number of aliphatic hydroxyl groups excluding tert-OH is 1. The van der Waals surface area contributed by atoms with Crippen molar-refractivity contribution < 1.29 is 5.11 Å². The third kappa shape index (κ3) is 14.1. The lowest BCUT2D eigenvalue weighted by Gasteiger charge is -2.15. The van der Waals surface area contributed by atoms with Crippen molar-refractivity contribution in [2.24, 2.45) is 0 Å². The molecule has 15 heavy (non-hydrogen) atoms. The molecule has 0 heterocycles. The van der Waals surface area contributed by atoms with E-state index in [0.29, 0.717) is 0 Å². The minimum Gasteiger partial charge on any atom is -0.392 e. The fourth-order valence-corrected chi connectivity index (χ4v) is 1.46. The number of rotatable bonds is 6. The van der Waals surface area contributed by atoms with Gasteiger partial charge in [0.15, 0.2) is 0 Å². The molecule has 0 aliphatic heterocycles. The van der Waals surface area contributed by atoms with Crippen LogP contribution in [0.25, 0.3) is 0 Å². The van der Waals surface area contributed by atoms with Crippen molar-refractivity contribution in [3.8, 4) is 0 Å². The predicted molar refractivity (Wildman–Crippen MR) is 73.7 cm³/mol. The van der Waals surface area contributed by atoms with Gasteiger partial charge < -0.3 is 5.11 Å². The van der Waals surface area contributed by atoms with Crippen LogP contribution in [0.2, 0.25) is 0 Å². The molecule has 2 heteroatoms. The van der Waals surface area contributed by atoms with Gasteiger partial charge in [0.05, 0.1) is 6.10 Å². The van der Waals surface area contributed by atoms with Gasteiger partial charge in [-0.25, -0.2) is 0 Å². The molecule has 0 radical (unpaired) electrons. The Morgan fingerprint density at radius 1 is 1.13 bits per heavy atom. The van der Waals surface area contributed by atoms with E-state index in [1.165, 1.54) is 19.3 Å². The van der Waals surface area contributed by atoms with Crippen molar-refractivity contribution in [3.63, 3.8) is 0 Å². The third-order valence-electron chi connectivity index (χ3n) is 2.30. The van der Waals surface area contributed by atoms with Gasteiger partial charge in [0.25, 0.3) is 0 Å². The Morgan fingerprint density at radius 3 is 2.00 bits per heavy atom. The number of aliphatic hydroxyl groups is 1. The summed E-state index contributed by atoms with van der Waals surface area (Å²) >= 11 is 4.33. The van der Waals surface area contributed by atoms with Gasteiger partial charge in [0, 0.05) is 5.25 Å². The van der Waals surface area contributed by atoms with E-state index in [1.54, 1.807) is 0 Å². The minimum absolute atomic E-state index is 0.187. The van der Waals surface area contributed by atoms with Crippen LogP contribution in [0.3, 0.4) is 0 Å². The summed E-state index contributed by atoms with van der Waals surface area (Å²) in [6.07, 6.45) is 9.35. The van der Waals surface area contributed by atoms with E-state index >= 15 is 0 Å². The molecule has 0 amide bonds. The molecule has 0 aliphatic carbocycles. The number of allylic oxidation sites excluding steroid dienone is 2. The van der Waals surface area contributed by atoms with Crippen LogP contribution in [-0.2, 0) is 0 Å². The molecular formula is C13H28OS. The largest absolute Gasteiger partial charge is 0.392 e. The lowest BCUT2D eigenvalue weighted by Crippen LogP contribution is -2.19. The molecule has 1 N–H and O–H groups in total. The lowest BCUT2D eigenvalue weighted by molar-refractivity contribution is 0.163. The normalized spacial score (nSPS) is 14.5. The Kier molecular flexibility index (Phi) is 16.3. The van der Waals surface area contributed by atoms with Crippen LogP contribution in [0.15, 0.2) is 12.2 Å². The van der Waals surface area contributed by atoms with E-state index in [4.69, 9.17) is 0 Å². The molecule has 92 valence electrons. The lowest BCUT2D eigenvalue weighted by atomic mass is 10.1. The number of unbranched alkanes of at least 4 members (excludes halogenated alkanes) is 2. The van der Waals surface area contributed by atoms with Crippen molar-refractivity contribution in [2.45, 2.75) is 71.2 Å². The number of hydrogen-bond acceptors (Lipinski definition) is 2. The third-order valence-corrected chi connectivity index (χ3v) is 2.90. The SMILES string of the molecule is CC=CC.CCCCCC(S)C(O)CC. The molecule has 1 nitrogen and oxygen atoms in total. The zero-order valence-corrected chi connectivity index (χ0v) is 11.6. The van der Waals surface area contributed by atoms with Gasteiger partial charge in [-0.3, -0.25) is 0 Å². The average Bonchev–Trinajstić information content (AvgIpc) is 2.28. The van der Waals surface area contributed by atoms with E-state index in [0.717, 1.165) is 12.8 Å². The second-order valence-electron chi connectivity index (χ2n) is 3.71. The van der Waals surface area contributed by atoms with Gasteiger partial charge in [-0.2, -0.15) is 12.6 Å². The summed E-state index contributed by atoms with van der Waals surface area (Å²) in [5.41, 5.74) is 0. The molecule has 0 fully saturated rings. The summed E-state index contributed by atoms with van der Waals surface area (Å²) in [6.45, 7) is 8.18. The summed E-state index contributed by atoms with van der Waals surface area (Å²) in [5, 5.41) is 9.54. The fourth-order valence-electron chi connectivity index (χ4n) is 1.07. The monoisotopic (exact) mass is 232 g/mol. The molecule has 0 aromatic rings. The molecule has 2 atom stereocenters. The Morgan fingerprint density at radius 2 is 1.67 bits per heavy atom. The Hall–Kier alpha value is 0.0500. The van der Waals surface area contributed by atoms with Crippen molar-refractivity contribution >= 4 is 12.6 Å². The van der Waals surface area contributed by atoms with Crippen molar-refractivity contribution in [3.05, 3.63) is 12.2 Å². The molecule has 0 aromatic carbocycles. The van der Waals surface area contributed by atoms with E-state index in [9.17, 15) is 5.11 Å². The maximum atomic E-state index is 9.35. The number of thiol groups is 1. The summed E-state index contributed by atoms with van der Waals surface area (Å²) < 4.78 is 0. The van der Waals surface area contributed by atoms with Gasteiger partial charge in [-0.15, -0.1) is 0 Å². The van der Waals surface area contributed by atoms with Gasteiger partial charge in [0.1, 0.15) is 0 Å². The molecule has 0 aromatic heterocycles. The first-order valence-electron chi connectivity index (χ1n) is 6.07. The first kappa shape index (κ1) is 17.4. The summed E-state index contributed by atoms with van der Waals surface area (Å²) in [7, 11) is 0. The quantitative estimate of drug-likeness (QED) is 0.399. The smallest absolute Gasteiger partial charge is 0.0653 e. The molecule has 0 rings (SSSR count). The minimum atomic E-state index is -0.213. The maximum absolute atomic E-state index is 9.35. The standard InChI is InChI=1S/C9H20OS.C4H8/c1-3-5-6-7-9(11)8(10)4-2;1-3-4-2/h8-11H,3-7H2,1-2H3;3-4H,1-2H3. The van der Waals surface area contributed by atoms with E-state index < -0.39 is 0 Å². The van der Waals surface area contributed by atoms with Crippen molar-refractivity contribution in [1.82, 2.24) is 0 Å². The Balaban J connectivity index is 0. The highest BCUT2D eigenvalue weighted by molar-refractivity contribution is 7.81. The van der Waals surface area contributed by atoms with E-state index in [2.05, 4.69) is 19.6 Å². The van der Waals surface area contributed by atoms with Crippen LogP contribution in [0, 0.1) is 0 Å². The van der Waals surface area contributed by atoms with Crippen LogP contribution in [0.4, 0.5) is 0 Å². The van der Waals surface area contributed by atoms with Gasteiger partial charge in [-0.05, 0) is 26.7 Å². The van der Waals surface area contributed by atoms with Crippen molar-refractivity contribution in [1.29, 1.82) is 0 Å². The molecule has 0 aliphatic rings. The Labute approximate surface area is 101 Å². The first-order chi connectivity index (χ1) is 7.13. The van der Waals surface area contributed by atoms with Crippen molar-refractivity contribution in [2.75, 3.05) is 0 Å². The van der Waals surface area contributed by atoms with Crippen LogP contribution >= 0.6 is 12.6 Å². The van der Waals surface area contributed by atoms with Crippen LogP contribution in [0.5, 0.6) is 0 Å². The summed E-state index contributed by atoms with van der Waals surface area (Å²) in [5.74, 6) is 0. The summed E-state index contributed by atoms with van der Waals surface area (Å²) in [4.78, 5) is 0. The topological polar surface area (TPSA) is 20.2 Å². The van der Waals surface area contributed by atoms with Crippen LogP contribution in [-0.4, -0.2) is 16.5 Å². The number of hydrogen-bond donors (Lipinski definition) is 2. The molecule has 0 bridgehead atoms.